The maximum absolute atomic E-state index is 12.9. The predicted octanol–water partition coefficient (Wildman–Crippen LogP) is 1.37. The van der Waals surface area contributed by atoms with E-state index >= 15 is 0 Å². The van der Waals surface area contributed by atoms with Crippen LogP contribution in [0.2, 0.25) is 0 Å². The highest BCUT2D eigenvalue weighted by molar-refractivity contribution is 5.93. The number of ether oxygens (including phenoxy) is 2. The lowest BCUT2D eigenvalue weighted by Crippen LogP contribution is -2.58. The number of nitrogens with zero attached hydrogens (tertiary/aromatic N) is 5. The summed E-state index contributed by atoms with van der Waals surface area (Å²) in [5, 5.41) is 4.40. The molecule has 2 aromatic rings. The summed E-state index contributed by atoms with van der Waals surface area (Å²) in [4.78, 5) is 30.2. The van der Waals surface area contributed by atoms with Gasteiger partial charge in [-0.25, -0.2) is 4.79 Å². The average Bonchev–Trinajstić information content (AvgIpc) is 3.27. The molecule has 0 N–H and O–H groups in total. The van der Waals surface area contributed by atoms with E-state index in [0.29, 0.717) is 37.7 Å². The summed E-state index contributed by atoms with van der Waals surface area (Å²) in [7, 11) is 1.79. The molecule has 3 aliphatic rings. The zero-order chi connectivity index (χ0) is 20.1. The van der Waals surface area contributed by atoms with E-state index in [1.165, 1.54) is 0 Å². The second kappa shape index (κ2) is 6.68. The molecule has 0 radical (unpaired) electrons. The van der Waals surface area contributed by atoms with Crippen LogP contribution in [0.5, 0.6) is 11.5 Å². The summed E-state index contributed by atoms with van der Waals surface area (Å²) >= 11 is 0. The molecule has 2 fully saturated rings. The summed E-state index contributed by atoms with van der Waals surface area (Å²) in [6.45, 7) is 4.33. The largest absolute Gasteiger partial charge is 0.482 e. The van der Waals surface area contributed by atoms with Crippen LogP contribution in [-0.4, -0.2) is 77.0 Å². The Morgan fingerprint density at radius 2 is 1.86 bits per heavy atom. The van der Waals surface area contributed by atoms with Crippen LogP contribution in [0.3, 0.4) is 0 Å². The van der Waals surface area contributed by atoms with Crippen molar-refractivity contribution < 1.29 is 19.1 Å². The molecule has 3 amide bonds. The molecule has 0 bridgehead atoms. The van der Waals surface area contributed by atoms with Crippen LogP contribution in [0, 0.1) is 0 Å². The van der Waals surface area contributed by atoms with Crippen LogP contribution in [0.4, 0.5) is 10.5 Å². The molecule has 9 heteroatoms. The lowest BCUT2D eigenvalue weighted by molar-refractivity contribution is -0.150. The molecule has 5 rings (SSSR count). The zero-order valence-corrected chi connectivity index (χ0v) is 16.4. The van der Waals surface area contributed by atoms with Gasteiger partial charge in [-0.1, -0.05) is 12.1 Å². The highest BCUT2D eigenvalue weighted by atomic mass is 16.6. The van der Waals surface area contributed by atoms with E-state index in [4.69, 9.17) is 9.47 Å². The Bertz CT molecular complexity index is 954. The highest BCUT2D eigenvalue weighted by Gasteiger charge is 2.42. The van der Waals surface area contributed by atoms with Gasteiger partial charge in [0.1, 0.15) is 6.10 Å². The number of anilines is 1. The number of rotatable bonds is 3. The van der Waals surface area contributed by atoms with Gasteiger partial charge in [0, 0.05) is 39.4 Å². The molecular weight excluding hydrogens is 374 g/mol. The maximum atomic E-state index is 12.9. The second-order valence-electron chi connectivity index (χ2n) is 7.74. The number of amides is 3. The van der Waals surface area contributed by atoms with Gasteiger partial charge in [-0.15, -0.1) is 0 Å². The van der Waals surface area contributed by atoms with Crippen molar-refractivity contribution in [3.63, 3.8) is 0 Å². The molecule has 29 heavy (non-hydrogen) atoms. The predicted molar refractivity (Wildman–Crippen MR) is 104 cm³/mol. The summed E-state index contributed by atoms with van der Waals surface area (Å²) < 4.78 is 13.6. The number of aromatic nitrogens is 2. The normalized spacial score (nSPS) is 24.1. The molecule has 2 unspecified atom stereocenters. The molecule has 9 nitrogen and oxygen atoms in total. The minimum absolute atomic E-state index is 0.0151. The van der Waals surface area contributed by atoms with E-state index in [1.54, 1.807) is 27.9 Å². The van der Waals surface area contributed by atoms with E-state index in [2.05, 4.69) is 5.10 Å². The van der Waals surface area contributed by atoms with Crippen LogP contribution >= 0.6 is 0 Å². The molecule has 152 valence electrons. The van der Waals surface area contributed by atoms with Crippen molar-refractivity contribution in [3.05, 3.63) is 36.7 Å². The van der Waals surface area contributed by atoms with Crippen molar-refractivity contribution in [1.29, 1.82) is 0 Å². The number of fused-ring (bicyclic) bond motifs is 1. The van der Waals surface area contributed by atoms with Crippen LogP contribution in [0.1, 0.15) is 13.0 Å². The average molecular weight is 397 g/mol. The molecule has 1 aromatic carbocycles. The van der Waals surface area contributed by atoms with Gasteiger partial charge in [-0.05, 0) is 19.1 Å². The van der Waals surface area contributed by atoms with Crippen LogP contribution in [-0.2, 0) is 4.79 Å². The summed E-state index contributed by atoms with van der Waals surface area (Å²) in [5.74, 6) is 1.18. The van der Waals surface area contributed by atoms with Crippen molar-refractivity contribution in [2.24, 2.45) is 0 Å². The summed E-state index contributed by atoms with van der Waals surface area (Å²) in [5.41, 5.74) is 0.790. The van der Waals surface area contributed by atoms with Crippen molar-refractivity contribution in [3.8, 4) is 11.5 Å². The Hall–Kier alpha value is -3.23. The Kier molecular flexibility index (Phi) is 4.11. The van der Waals surface area contributed by atoms with Gasteiger partial charge in [-0.3, -0.25) is 14.4 Å². The quantitative estimate of drug-likeness (QED) is 0.782. The SMILES string of the molecule is CC1Oc2ccccc2OC1C(=O)N1CC(n2cc(N3CCN(C)C3=O)cn2)C1. The van der Waals surface area contributed by atoms with Gasteiger partial charge in [0.25, 0.3) is 5.91 Å². The van der Waals surface area contributed by atoms with Crippen molar-refractivity contribution in [2.75, 3.05) is 38.1 Å². The number of likely N-dealkylation sites (tertiary alicyclic amines) is 1. The molecule has 0 spiro atoms. The van der Waals surface area contributed by atoms with E-state index in [0.717, 1.165) is 5.69 Å². The zero-order valence-electron chi connectivity index (χ0n) is 16.4. The first-order valence-corrected chi connectivity index (χ1v) is 9.79. The summed E-state index contributed by atoms with van der Waals surface area (Å²) in [6.07, 6.45) is 2.57. The third kappa shape index (κ3) is 2.97. The fraction of sp³-hybridized carbons (Fsp3) is 0.450. The Labute approximate surface area is 168 Å². The molecule has 4 heterocycles. The molecule has 0 aliphatic carbocycles. The number of urea groups is 1. The van der Waals surface area contributed by atoms with E-state index < -0.39 is 6.10 Å². The number of carbonyl (C=O) groups is 2. The molecular formula is C20H23N5O4. The molecule has 0 saturated carbocycles. The number of hydrogen-bond donors (Lipinski definition) is 0. The van der Waals surface area contributed by atoms with Gasteiger partial charge in [0.15, 0.2) is 11.5 Å². The number of carbonyl (C=O) groups excluding carboxylic acids is 2. The number of para-hydroxylation sites is 2. The van der Waals surface area contributed by atoms with Gasteiger partial charge >= 0.3 is 6.03 Å². The van der Waals surface area contributed by atoms with Gasteiger partial charge in [0.05, 0.1) is 17.9 Å². The first-order chi connectivity index (χ1) is 14.0. The standard InChI is InChI=1S/C20H23N5O4/c1-13-18(29-17-6-4-3-5-16(17)28-13)19(26)23-10-15(11-23)25-12-14(9-21-25)24-8-7-22(2)20(24)27/h3-6,9,12-13,15,18H,7-8,10-11H2,1-2H3. The number of benzene rings is 1. The molecule has 3 aliphatic heterocycles. The number of hydrogen-bond acceptors (Lipinski definition) is 5. The van der Waals surface area contributed by atoms with Crippen LogP contribution < -0.4 is 14.4 Å². The minimum Gasteiger partial charge on any atom is -0.482 e. The molecule has 2 atom stereocenters. The monoisotopic (exact) mass is 397 g/mol. The topological polar surface area (TPSA) is 80.1 Å². The van der Waals surface area contributed by atoms with E-state index in [1.807, 2.05) is 42.1 Å². The fourth-order valence-corrected chi connectivity index (χ4v) is 3.93. The first kappa shape index (κ1) is 17.8. The lowest BCUT2D eigenvalue weighted by atomic mass is 10.1. The van der Waals surface area contributed by atoms with Crippen LogP contribution in [0.15, 0.2) is 36.7 Å². The van der Waals surface area contributed by atoms with Crippen molar-refractivity contribution in [1.82, 2.24) is 19.6 Å². The minimum atomic E-state index is -0.656. The maximum Gasteiger partial charge on any atom is 0.324 e. The Morgan fingerprint density at radius 3 is 2.55 bits per heavy atom. The van der Waals surface area contributed by atoms with Crippen molar-refractivity contribution in [2.45, 2.75) is 25.2 Å². The number of likely N-dealkylation sites (N-methyl/N-ethyl adjacent to an activating group) is 1. The lowest BCUT2D eigenvalue weighted by Gasteiger charge is -2.42. The third-order valence-corrected chi connectivity index (χ3v) is 5.75. The first-order valence-electron chi connectivity index (χ1n) is 9.79. The fourth-order valence-electron chi connectivity index (χ4n) is 3.93. The van der Waals surface area contributed by atoms with E-state index in [-0.39, 0.29) is 24.1 Å². The second-order valence-corrected chi connectivity index (χ2v) is 7.74. The van der Waals surface area contributed by atoms with E-state index in [9.17, 15) is 9.59 Å². The van der Waals surface area contributed by atoms with Gasteiger partial charge < -0.3 is 19.3 Å². The smallest absolute Gasteiger partial charge is 0.324 e. The molecule has 1 aromatic heterocycles. The summed E-state index contributed by atoms with van der Waals surface area (Å²) in [6, 6.07) is 7.46. The highest BCUT2D eigenvalue weighted by Crippen LogP contribution is 2.35. The van der Waals surface area contributed by atoms with Gasteiger partial charge in [-0.2, -0.15) is 5.10 Å². The Balaban J connectivity index is 1.21. The Morgan fingerprint density at radius 1 is 1.14 bits per heavy atom. The third-order valence-electron chi connectivity index (χ3n) is 5.75. The van der Waals surface area contributed by atoms with Gasteiger partial charge in [0.2, 0.25) is 6.10 Å². The van der Waals surface area contributed by atoms with Crippen LogP contribution in [0.25, 0.3) is 0 Å². The molecule has 2 saturated heterocycles. The van der Waals surface area contributed by atoms with Crippen molar-refractivity contribution >= 4 is 17.6 Å².